The predicted octanol–water partition coefficient (Wildman–Crippen LogP) is 3.94. The lowest BCUT2D eigenvalue weighted by atomic mass is 9.95. The van der Waals surface area contributed by atoms with E-state index in [2.05, 4.69) is 5.32 Å². The molecule has 0 atom stereocenters. The Bertz CT molecular complexity index is 721. The van der Waals surface area contributed by atoms with Gasteiger partial charge in [0.05, 0.1) is 5.56 Å². The molecular weight excluding hydrogens is 310 g/mol. The molecule has 0 unspecified atom stereocenters. The normalized spacial score (nSPS) is 13.3. The fourth-order valence-electron chi connectivity index (χ4n) is 2.83. The Morgan fingerprint density at radius 3 is 2.65 bits per heavy atom. The number of anilines is 1. The number of hydrogen-bond acceptors (Lipinski definition) is 4. The van der Waals surface area contributed by atoms with Gasteiger partial charge in [0, 0.05) is 11.8 Å². The van der Waals surface area contributed by atoms with E-state index < -0.39 is 0 Å². The molecule has 3 rings (SSSR count). The highest BCUT2D eigenvalue weighted by atomic mass is 32.1. The number of fused-ring (bicyclic) bond motifs is 1. The van der Waals surface area contributed by atoms with E-state index in [4.69, 9.17) is 4.74 Å². The van der Waals surface area contributed by atoms with Crippen LogP contribution in [0.1, 0.15) is 46.1 Å². The fraction of sp³-hybridized carbons (Fsp3) is 0.333. The summed E-state index contributed by atoms with van der Waals surface area (Å²) in [5.74, 6) is -0.516. The van der Waals surface area contributed by atoms with Gasteiger partial charge in [-0.3, -0.25) is 4.79 Å². The number of aryl methyl sites for hydroxylation is 1. The average molecular weight is 329 g/mol. The number of esters is 1. The van der Waals surface area contributed by atoms with Crippen LogP contribution < -0.4 is 5.32 Å². The zero-order chi connectivity index (χ0) is 16.2. The first-order valence-electron chi connectivity index (χ1n) is 7.78. The number of rotatable bonds is 4. The molecule has 0 spiro atoms. The summed E-state index contributed by atoms with van der Waals surface area (Å²) < 4.78 is 5.48. The Labute approximate surface area is 139 Å². The molecule has 1 aromatic heterocycles. The largest absolute Gasteiger partial charge is 0.457 e. The third-order valence-corrected chi connectivity index (χ3v) is 5.08. The van der Waals surface area contributed by atoms with Crippen molar-refractivity contribution < 1.29 is 14.3 Å². The van der Waals surface area contributed by atoms with E-state index in [1.807, 2.05) is 30.3 Å². The quantitative estimate of drug-likeness (QED) is 0.864. The first-order chi connectivity index (χ1) is 11.1. The highest BCUT2D eigenvalue weighted by molar-refractivity contribution is 7.17. The lowest BCUT2D eigenvalue weighted by molar-refractivity contribution is -0.114. The molecule has 0 radical (unpaired) electrons. The van der Waals surface area contributed by atoms with Gasteiger partial charge in [-0.1, -0.05) is 30.3 Å². The van der Waals surface area contributed by atoms with Crippen LogP contribution in [0.15, 0.2) is 30.3 Å². The van der Waals surface area contributed by atoms with Crippen LogP contribution >= 0.6 is 11.3 Å². The SMILES string of the molecule is CC(=O)Nc1sc2c(c1C(=O)OCc1ccccc1)CCCC2. The summed E-state index contributed by atoms with van der Waals surface area (Å²) in [4.78, 5) is 25.2. The first kappa shape index (κ1) is 15.7. The molecule has 0 aliphatic heterocycles. The van der Waals surface area contributed by atoms with E-state index in [-0.39, 0.29) is 18.5 Å². The molecule has 0 saturated heterocycles. The summed E-state index contributed by atoms with van der Waals surface area (Å²) >= 11 is 1.51. The Kier molecular flexibility index (Phi) is 4.76. The molecule has 5 heteroatoms. The van der Waals surface area contributed by atoms with Gasteiger partial charge in [0.15, 0.2) is 0 Å². The van der Waals surface area contributed by atoms with Gasteiger partial charge in [-0.15, -0.1) is 11.3 Å². The Hall–Kier alpha value is -2.14. The van der Waals surface area contributed by atoms with E-state index in [9.17, 15) is 9.59 Å². The maximum absolute atomic E-state index is 12.6. The van der Waals surface area contributed by atoms with Gasteiger partial charge in [0.25, 0.3) is 0 Å². The van der Waals surface area contributed by atoms with Gasteiger partial charge in [-0.25, -0.2) is 4.79 Å². The van der Waals surface area contributed by atoms with Crippen molar-refractivity contribution >= 4 is 28.2 Å². The van der Waals surface area contributed by atoms with Crippen LogP contribution in [0, 0.1) is 0 Å². The second-order valence-corrected chi connectivity index (χ2v) is 6.76. The zero-order valence-corrected chi connectivity index (χ0v) is 13.9. The minimum Gasteiger partial charge on any atom is -0.457 e. The molecular formula is C18H19NO3S. The third kappa shape index (κ3) is 3.62. The van der Waals surface area contributed by atoms with Crippen LogP contribution in [0.3, 0.4) is 0 Å². The van der Waals surface area contributed by atoms with Gasteiger partial charge in [0.2, 0.25) is 5.91 Å². The molecule has 120 valence electrons. The molecule has 1 amide bonds. The summed E-state index contributed by atoms with van der Waals surface area (Å²) in [7, 11) is 0. The lowest BCUT2D eigenvalue weighted by Gasteiger charge is -2.12. The number of amides is 1. The van der Waals surface area contributed by atoms with Crippen molar-refractivity contribution in [2.75, 3.05) is 5.32 Å². The lowest BCUT2D eigenvalue weighted by Crippen LogP contribution is -2.13. The van der Waals surface area contributed by atoms with Gasteiger partial charge >= 0.3 is 5.97 Å². The van der Waals surface area contributed by atoms with Crippen molar-refractivity contribution in [3.63, 3.8) is 0 Å². The minimum atomic E-state index is -0.350. The molecule has 2 aromatic rings. The molecule has 1 aliphatic rings. The molecule has 1 aliphatic carbocycles. The summed E-state index contributed by atoms with van der Waals surface area (Å²) in [5.41, 5.74) is 2.56. The summed E-state index contributed by atoms with van der Waals surface area (Å²) in [6.07, 6.45) is 4.05. The molecule has 0 fully saturated rings. The zero-order valence-electron chi connectivity index (χ0n) is 13.1. The molecule has 1 heterocycles. The Balaban J connectivity index is 1.83. The van der Waals surface area contributed by atoms with E-state index in [1.54, 1.807) is 0 Å². The van der Waals surface area contributed by atoms with Crippen molar-refractivity contribution in [1.29, 1.82) is 0 Å². The first-order valence-corrected chi connectivity index (χ1v) is 8.60. The summed E-state index contributed by atoms with van der Waals surface area (Å²) in [6.45, 7) is 1.70. The number of thiophene rings is 1. The van der Waals surface area contributed by atoms with E-state index in [1.165, 1.54) is 23.1 Å². The van der Waals surface area contributed by atoms with Gasteiger partial charge in [-0.05, 0) is 36.8 Å². The monoisotopic (exact) mass is 329 g/mol. The molecule has 23 heavy (non-hydrogen) atoms. The second kappa shape index (κ2) is 6.96. The van der Waals surface area contributed by atoms with Crippen molar-refractivity contribution in [3.8, 4) is 0 Å². The fourth-order valence-corrected chi connectivity index (χ4v) is 4.15. The van der Waals surface area contributed by atoms with Gasteiger partial charge in [-0.2, -0.15) is 0 Å². The van der Waals surface area contributed by atoms with Crippen LogP contribution in [0.2, 0.25) is 0 Å². The second-order valence-electron chi connectivity index (χ2n) is 5.66. The minimum absolute atomic E-state index is 0.166. The van der Waals surface area contributed by atoms with Crippen LogP contribution in [-0.4, -0.2) is 11.9 Å². The number of carbonyl (C=O) groups excluding carboxylic acids is 2. The maximum Gasteiger partial charge on any atom is 0.341 e. The van der Waals surface area contributed by atoms with Crippen LogP contribution in [0.25, 0.3) is 0 Å². The van der Waals surface area contributed by atoms with Gasteiger partial charge < -0.3 is 10.1 Å². The number of carbonyl (C=O) groups is 2. The highest BCUT2D eigenvalue weighted by Gasteiger charge is 2.26. The number of ether oxygens (including phenoxy) is 1. The Morgan fingerprint density at radius 1 is 1.17 bits per heavy atom. The van der Waals surface area contributed by atoms with Crippen LogP contribution in [0.4, 0.5) is 5.00 Å². The van der Waals surface area contributed by atoms with E-state index in [0.717, 1.165) is 36.8 Å². The van der Waals surface area contributed by atoms with Crippen molar-refractivity contribution in [1.82, 2.24) is 0 Å². The van der Waals surface area contributed by atoms with Crippen molar-refractivity contribution in [2.45, 2.75) is 39.2 Å². The number of hydrogen-bond donors (Lipinski definition) is 1. The van der Waals surface area contributed by atoms with Crippen LogP contribution in [0.5, 0.6) is 0 Å². The number of benzene rings is 1. The maximum atomic E-state index is 12.6. The predicted molar refractivity (Wildman–Crippen MR) is 90.8 cm³/mol. The molecule has 4 nitrogen and oxygen atoms in total. The molecule has 0 saturated carbocycles. The smallest absolute Gasteiger partial charge is 0.341 e. The number of nitrogens with one attached hydrogen (secondary N) is 1. The average Bonchev–Trinajstić information content (AvgIpc) is 2.90. The molecule has 0 bridgehead atoms. The standard InChI is InChI=1S/C18H19NO3S/c1-12(20)19-17-16(14-9-5-6-10-15(14)23-17)18(21)22-11-13-7-3-2-4-8-13/h2-4,7-8H,5-6,9-11H2,1H3,(H,19,20). The molecule has 1 aromatic carbocycles. The van der Waals surface area contributed by atoms with Crippen molar-refractivity contribution in [3.05, 3.63) is 51.9 Å². The van der Waals surface area contributed by atoms with Crippen LogP contribution in [-0.2, 0) is 29.0 Å². The van der Waals surface area contributed by atoms with E-state index >= 15 is 0 Å². The van der Waals surface area contributed by atoms with Gasteiger partial charge in [0.1, 0.15) is 11.6 Å². The summed E-state index contributed by atoms with van der Waals surface area (Å²) in [6, 6.07) is 9.60. The summed E-state index contributed by atoms with van der Waals surface area (Å²) in [5, 5.41) is 3.42. The Morgan fingerprint density at radius 2 is 1.91 bits per heavy atom. The topological polar surface area (TPSA) is 55.4 Å². The van der Waals surface area contributed by atoms with Crippen molar-refractivity contribution in [2.24, 2.45) is 0 Å². The third-order valence-electron chi connectivity index (χ3n) is 3.88. The molecule has 1 N–H and O–H groups in total. The highest BCUT2D eigenvalue weighted by Crippen LogP contribution is 2.38. The van der Waals surface area contributed by atoms with E-state index in [0.29, 0.717) is 10.6 Å².